The summed E-state index contributed by atoms with van der Waals surface area (Å²) in [5, 5.41) is 3.15. The minimum Gasteiger partial charge on any atom is -0.378 e. The van der Waals surface area contributed by atoms with Crippen molar-refractivity contribution < 1.29 is 9.53 Å². The molecule has 1 saturated heterocycles. The Hall–Kier alpha value is -2.47. The van der Waals surface area contributed by atoms with Gasteiger partial charge in [-0.2, -0.15) is 0 Å². The first kappa shape index (κ1) is 15.4. The Bertz CT molecular complexity index is 694. The quantitative estimate of drug-likeness (QED) is 0.942. The number of hydrogen-bond acceptors (Lipinski definition) is 5. The summed E-state index contributed by atoms with van der Waals surface area (Å²) >= 11 is 0. The van der Waals surface area contributed by atoms with Gasteiger partial charge in [-0.1, -0.05) is 17.7 Å². The summed E-state index contributed by atoms with van der Waals surface area (Å²) < 4.78 is 5.28. The second-order valence-corrected chi connectivity index (χ2v) is 5.61. The summed E-state index contributed by atoms with van der Waals surface area (Å²) in [5.41, 5.74) is 3.25. The van der Waals surface area contributed by atoms with Crippen LogP contribution in [-0.2, 0) is 4.74 Å². The third-order valence-electron chi connectivity index (χ3n) is 3.68. The molecule has 0 atom stereocenters. The zero-order valence-electron chi connectivity index (χ0n) is 13.4. The molecule has 1 aromatic heterocycles. The minimum atomic E-state index is -0.0780. The van der Waals surface area contributed by atoms with Gasteiger partial charge in [0.15, 0.2) is 0 Å². The van der Waals surface area contributed by atoms with E-state index in [4.69, 9.17) is 4.74 Å². The van der Waals surface area contributed by atoms with Gasteiger partial charge in [0.1, 0.15) is 5.69 Å². The molecule has 2 aromatic rings. The fourth-order valence-electron chi connectivity index (χ4n) is 2.43. The number of aryl methyl sites for hydroxylation is 2. The Balaban J connectivity index is 1.80. The summed E-state index contributed by atoms with van der Waals surface area (Å²) in [6, 6.07) is 9.67. The number of aromatic nitrogens is 2. The van der Waals surface area contributed by atoms with Crippen LogP contribution in [0, 0.1) is 13.8 Å². The molecule has 6 heteroatoms. The lowest BCUT2D eigenvalue weighted by Gasteiger charge is -2.26. The Kier molecular flexibility index (Phi) is 4.52. The van der Waals surface area contributed by atoms with Crippen molar-refractivity contribution in [1.82, 2.24) is 14.9 Å². The Morgan fingerprint density at radius 2 is 1.83 bits per heavy atom. The molecule has 1 N–H and O–H groups in total. The van der Waals surface area contributed by atoms with Gasteiger partial charge in [0.2, 0.25) is 5.95 Å². The van der Waals surface area contributed by atoms with Gasteiger partial charge in [0.25, 0.3) is 5.91 Å². The molecule has 1 aliphatic heterocycles. The van der Waals surface area contributed by atoms with Crippen LogP contribution in [-0.4, -0.2) is 47.1 Å². The number of anilines is 2. The maximum Gasteiger partial charge on any atom is 0.272 e. The highest BCUT2D eigenvalue weighted by molar-refractivity contribution is 5.92. The lowest BCUT2D eigenvalue weighted by atomic mass is 10.2. The van der Waals surface area contributed by atoms with Gasteiger partial charge in [-0.3, -0.25) is 4.79 Å². The second-order valence-electron chi connectivity index (χ2n) is 5.61. The SMILES string of the molecule is Cc1ccc(Nc2nc(C)cc(C(=O)N3CCOCC3)n2)cc1. The summed E-state index contributed by atoms with van der Waals surface area (Å²) in [7, 11) is 0. The van der Waals surface area contributed by atoms with Crippen LogP contribution in [0.2, 0.25) is 0 Å². The van der Waals surface area contributed by atoms with E-state index in [1.807, 2.05) is 38.1 Å². The first-order valence-electron chi connectivity index (χ1n) is 7.68. The van der Waals surface area contributed by atoms with Crippen molar-refractivity contribution in [2.45, 2.75) is 13.8 Å². The topological polar surface area (TPSA) is 67.4 Å². The highest BCUT2D eigenvalue weighted by Crippen LogP contribution is 2.15. The van der Waals surface area contributed by atoms with Crippen molar-refractivity contribution in [1.29, 1.82) is 0 Å². The zero-order chi connectivity index (χ0) is 16.2. The maximum atomic E-state index is 12.6. The van der Waals surface area contributed by atoms with E-state index in [0.717, 1.165) is 11.4 Å². The average molecular weight is 312 g/mol. The van der Waals surface area contributed by atoms with Crippen LogP contribution in [0.3, 0.4) is 0 Å². The number of carbonyl (C=O) groups excluding carboxylic acids is 1. The van der Waals surface area contributed by atoms with Crippen molar-refractivity contribution in [3.8, 4) is 0 Å². The number of amides is 1. The molecule has 0 bridgehead atoms. The van der Waals surface area contributed by atoms with Crippen LogP contribution in [0.1, 0.15) is 21.7 Å². The molecule has 120 valence electrons. The number of nitrogens with one attached hydrogen (secondary N) is 1. The van der Waals surface area contributed by atoms with Crippen molar-refractivity contribution in [2.75, 3.05) is 31.6 Å². The molecule has 0 radical (unpaired) electrons. The maximum absolute atomic E-state index is 12.6. The van der Waals surface area contributed by atoms with Gasteiger partial charge in [-0.25, -0.2) is 9.97 Å². The van der Waals surface area contributed by atoms with Gasteiger partial charge in [0, 0.05) is 24.5 Å². The molecule has 1 aromatic carbocycles. The van der Waals surface area contributed by atoms with Gasteiger partial charge in [0.05, 0.1) is 13.2 Å². The highest BCUT2D eigenvalue weighted by atomic mass is 16.5. The summed E-state index contributed by atoms with van der Waals surface area (Å²) in [6.45, 7) is 6.24. The number of rotatable bonds is 3. The molecule has 23 heavy (non-hydrogen) atoms. The van der Waals surface area contributed by atoms with Crippen molar-refractivity contribution in [3.05, 3.63) is 47.3 Å². The Morgan fingerprint density at radius 1 is 1.13 bits per heavy atom. The molecule has 6 nitrogen and oxygen atoms in total. The predicted octanol–water partition coefficient (Wildman–Crippen LogP) is 2.31. The largest absolute Gasteiger partial charge is 0.378 e. The van der Waals surface area contributed by atoms with Crippen LogP contribution < -0.4 is 5.32 Å². The predicted molar refractivity (Wildman–Crippen MR) is 88.0 cm³/mol. The van der Waals surface area contributed by atoms with Crippen molar-refractivity contribution >= 4 is 17.5 Å². The minimum absolute atomic E-state index is 0.0780. The van der Waals surface area contributed by atoms with E-state index in [9.17, 15) is 4.79 Å². The first-order valence-corrected chi connectivity index (χ1v) is 7.68. The highest BCUT2D eigenvalue weighted by Gasteiger charge is 2.20. The standard InChI is InChI=1S/C17H20N4O2/c1-12-3-5-14(6-4-12)19-17-18-13(2)11-15(20-17)16(22)21-7-9-23-10-8-21/h3-6,11H,7-10H2,1-2H3,(H,18,19,20). The van der Waals surface area contributed by atoms with E-state index >= 15 is 0 Å². The molecular formula is C17H20N4O2. The lowest BCUT2D eigenvalue weighted by molar-refractivity contribution is 0.0299. The number of carbonyl (C=O) groups is 1. The second kappa shape index (κ2) is 6.75. The van der Waals surface area contributed by atoms with Crippen LogP contribution in [0.25, 0.3) is 0 Å². The number of benzene rings is 1. The van der Waals surface area contributed by atoms with E-state index in [1.54, 1.807) is 11.0 Å². The molecule has 0 aliphatic carbocycles. The number of nitrogens with zero attached hydrogens (tertiary/aromatic N) is 3. The van der Waals surface area contributed by atoms with E-state index < -0.39 is 0 Å². The van der Waals surface area contributed by atoms with Crippen LogP contribution in [0.5, 0.6) is 0 Å². The van der Waals surface area contributed by atoms with Gasteiger partial charge < -0.3 is 15.0 Å². The molecule has 0 saturated carbocycles. The smallest absolute Gasteiger partial charge is 0.272 e. The Labute approximate surface area is 135 Å². The van der Waals surface area contributed by atoms with Crippen molar-refractivity contribution in [2.24, 2.45) is 0 Å². The fraction of sp³-hybridized carbons (Fsp3) is 0.353. The summed E-state index contributed by atoms with van der Waals surface area (Å²) in [4.78, 5) is 23.1. The van der Waals surface area contributed by atoms with Crippen molar-refractivity contribution in [3.63, 3.8) is 0 Å². The molecule has 0 unspecified atom stereocenters. The summed E-state index contributed by atoms with van der Waals surface area (Å²) in [6.07, 6.45) is 0. The number of ether oxygens (including phenoxy) is 1. The van der Waals surface area contributed by atoms with Crippen LogP contribution >= 0.6 is 0 Å². The number of hydrogen-bond donors (Lipinski definition) is 1. The van der Waals surface area contributed by atoms with E-state index in [0.29, 0.717) is 37.9 Å². The first-order chi connectivity index (χ1) is 11.1. The third kappa shape index (κ3) is 3.84. The van der Waals surface area contributed by atoms with Gasteiger partial charge in [-0.05, 0) is 32.0 Å². The summed E-state index contributed by atoms with van der Waals surface area (Å²) in [5.74, 6) is 0.358. The zero-order valence-corrected chi connectivity index (χ0v) is 13.4. The monoisotopic (exact) mass is 312 g/mol. The number of morpholine rings is 1. The average Bonchev–Trinajstić information content (AvgIpc) is 2.56. The molecule has 1 aliphatic rings. The van der Waals surface area contributed by atoms with E-state index in [2.05, 4.69) is 15.3 Å². The lowest BCUT2D eigenvalue weighted by Crippen LogP contribution is -2.41. The molecule has 1 amide bonds. The van der Waals surface area contributed by atoms with Crippen LogP contribution in [0.15, 0.2) is 30.3 Å². The molecule has 1 fully saturated rings. The normalized spacial score (nSPS) is 14.6. The van der Waals surface area contributed by atoms with E-state index in [1.165, 1.54) is 5.56 Å². The van der Waals surface area contributed by atoms with Gasteiger partial charge >= 0.3 is 0 Å². The molecule has 2 heterocycles. The third-order valence-corrected chi connectivity index (χ3v) is 3.68. The fourth-order valence-corrected chi connectivity index (χ4v) is 2.43. The van der Waals surface area contributed by atoms with Crippen LogP contribution in [0.4, 0.5) is 11.6 Å². The van der Waals surface area contributed by atoms with E-state index in [-0.39, 0.29) is 5.91 Å². The molecule has 3 rings (SSSR count). The van der Waals surface area contributed by atoms with Gasteiger partial charge in [-0.15, -0.1) is 0 Å². The molecular weight excluding hydrogens is 292 g/mol. The Morgan fingerprint density at radius 3 is 2.52 bits per heavy atom. The molecule has 0 spiro atoms.